The van der Waals surface area contributed by atoms with Crippen molar-refractivity contribution < 1.29 is 5.11 Å². The minimum atomic E-state index is 0.240. The molecular formula is C19H33N3O. The van der Waals surface area contributed by atoms with E-state index >= 15 is 0 Å². The van der Waals surface area contributed by atoms with Crippen LogP contribution in [0.5, 0.6) is 0 Å². The molecule has 0 amide bonds. The first kappa shape index (κ1) is 18.1. The molecule has 0 saturated carbocycles. The van der Waals surface area contributed by atoms with Gasteiger partial charge >= 0.3 is 0 Å². The van der Waals surface area contributed by atoms with Crippen molar-refractivity contribution in [2.45, 2.75) is 39.5 Å². The lowest BCUT2D eigenvalue weighted by Gasteiger charge is -2.33. The average molecular weight is 319 g/mol. The number of rotatable bonds is 8. The zero-order valence-corrected chi connectivity index (χ0v) is 14.8. The molecule has 1 aliphatic heterocycles. The molecular weight excluding hydrogens is 286 g/mol. The van der Waals surface area contributed by atoms with E-state index in [-0.39, 0.29) is 6.61 Å². The van der Waals surface area contributed by atoms with Crippen LogP contribution in [-0.4, -0.2) is 49.3 Å². The molecule has 1 fully saturated rings. The van der Waals surface area contributed by atoms with Gasteiger partial charge in [-0.25, -0.2) is 0 Å². The zero-order chi connectivity index (χ0) is 16.7. The lowest BCUT2D eigenvalue weighted by Crippen LogP contribution is -2.33. The fraction of sp³-hybridized carbons (Fsp3) is 0.684. The first-order chi connectivity index (χ1) is 11.1. The molecule has 4 heteroatoms. The summed E-state index contributed by atoms with van der Waals surface area (Å²) in [4.78, 5) is 4.71. The van der Waals surface area contributed by atoms with Gasteiger partial charge in [0.15, 0.2) is 0 Å². The minimum absolute atomic E-state index is 0.240. The van der Waals surface area contributed by atoms with Gasteiger partial charge in [0.1, 0.15) is 0 Å². The van der Waals surface area contributed by atoms with E-state index in [4.69, 9.17) is 10.8 Å². The molecule has 0 aliphatic carbocycles. The van der Waals surface area contributed by atoms with Crippen LogP contribution >= 0.6 is 0 Å². The molecule has 3 N–H and O–H groups in total. The number of aliphatic hydroxyl groups excluding tert-OH is 1. The summed E-state index contributed by atoms with van der Waals surface area (Å²) in [6.07, 6.45) is 4.68. The monoisotopic (exact) mass is 319 g/mol. The number of anilines is 2. The number of hydrogen-bond acceptors (Lipinski definition) is 4. The number of nitrogen functional groups attached to an aromatic ring is 1. The quantitative estimate of drug-likeness (QED) is 0.724. The summed E-state index contributed by atoms with van der Waals surface area (Å²) in [6, 6.07) is 6.58. The van der Waals surface area contributed by atoms with Gasteiger partial charge < -0.3 is 20.6 Å². The van der Waals surface area contributed by atoms with Crippen LogP contribution in [0.15, 0.2) is 18.2 Å². The summed E-state index contributed by atoms with van der Waals surface area (Å²) in [5.41, 5.74) is 9.74. The summed E-state index contributed by atoms with van der Waals surface area (Å²) < 4.78 is 0. The first-order valence-corrected chi connectivity index (χ1v) is 9.10. The topological polar surface area (TPSA) is 52.7 Å². The molecule has 1 aromatic rings. The van der Waals surface area contributed by atoms with Crippen molar-refractivity contribution in [3.8, 4) is 0 Å². The predicted molar refractivity (Wildman–Crippen MR) is 99.0 cm³/mol. The van der Waals surface area contributed by atoms with Crippen molar-refractivity contribution in [3.63, 3.8) is 0 Å². The summed E-state index contributed by atoms with van der Waals surface area (Å²) in [5, 5.41) is 9.03. The van der Waals surface area contributed by atoms with Crippen molar-refractivity contribution in [2.75, 3.05) is 50.0 Å². The second kappa shape index (κ2) is 9.14. The molecule has 1 saturated heterocycles. The number of benzene rings is 1. The first-order valence-electron chi connectivity index (χ1n) is 9.10. The van der Waals surface area contributed by atoms with Gasteiger partial charge in [0.2, 0.25) is 0 Å². The summed E-state index contributed by atoms with van der Waals surface area (Å²) in [6.45, 7) is 9.75. The van der Waals surface area contributed by atoms with E-state index in [1.54, 1.807) is 0 Å². The Labute approximate surface area is 141 Å². The Hall–Kier alpha value is -1.26. The molecule has 4 nitrogen and oxygen atoms in total. The smallest absolute Gasteiger partial charge is 0.0600 e. The molecule has 0 atom stereocenters. The van der Waals surface area contributed by atoms with Crippen LogP contribution in [0.1, 0.15) is 38.7 Å². The van der Waals surface area contributed by atoms with Crippen LogP contribution in [0.3, 0.4) is 0 Å². The molecule has 1 aromatic carbocycles. The molecule has 130 valence electrons. The molecule has 0 aromatic heterocycles. The summed E-state index contributed by atoms with van der Waals surface area (Å²) in [7, 11) is 0. The van der Waals surface area contributed by atoms with E-state index in [0.717, 1.165) is 57.2 Å². The van der Waals surface area contributed by atoms with Crippen molar-refractivity contribution in [3.05, 3.63) is 23.8 Å². The van der Waals surface area contributed by atoms with Gasteiger partial charge in [0.05, 0.1) is 18.0 Å². The number of aliphatic hydroxyl groups is 1. The fourth-order valence-corrected chi connectivity index (χ4v) is 3.37. The second-order valence-electron chi connectivity index (χ2n) is 6.82. The lowest BCUT2D eigenvalue weighted by molar-refractivity contribution is 0.200. The van der Waals surface area contributed by atoms with E-state index in [9.17, 15) is 0 Å². The number of hydrogen-bond donors (Lipinski definition) is 2. The Kier molecular flexibility index (Phi) is 7.18. The van der Waals surface area contributed by atoms with E-state index in [0.29, 0.717) is 0 Å². The molecule has 0 bridgehead atoms. The SMILES string of the molecule is CCN(CCO)CCCc1ccc(N2CCC(C)CC2)c(N)c1. The Bertz CT molecular complexity index is 470. The van der Waals surface area contributed by atoms with Crippen molar-refractivity contribution in [1.29, 1.82) is 0 Å². The number of aryl methyl sites for hydroxylation is 1. The Morgan fingerprint density at radius 2 is 2.00 bits per heavy atom. The Morgan fingerprint density at radius 3 is 2.61 bits per heavy atom. The second-order valence-corrected chi connectivity index (χ2v) is 6.82. The van der Waals surface area contributed by atoms with Gasteiger partial charge in [-0.2, -0.15) is 0 Å². The highest BCUT2D eigenvalue weighted by molar-refractivity contribution is 5.68. The average Bonchev–Trinajstić information content (AvgIpc) is 2.55. The third kappa shape index (κ3) is 5.40. The largest absolute Gasteiger partial charge is 0.397 e. The van der Waals surface area contributed by atoms with Gasteiger partial charge in [-0.05, 0) is 62.4 Å². The zero-order valence-electron chi connectivity index (χ0n) is 14.8. The van der Waals surface area contributed by atoms with Crippen LogP contribution in [-0.2, 0) is 6.42 Å². The van der Waals surface area contributed by atoms with Crippen molar-refractivity contribution in [1.82, 2.24) is 4.90 Å². The molecule has 0 radical (unpaired) electrons. The van der Waals surface area contributed by atoms with Crippen LogP contribution in [0.4, 0.5) is 11.4 Å². The Balaban J connectivity index is 1.86. The number of piperidine rings is 1. The van der Waals surface area contributed by atoms with Gasteiger partial charge in [-0.15, -0.1) is 0 Å². The van der Waals surface area contributed by atoms with Crippen molar-refractivity contribution in [2.24, 2.45) is 5.92 Å². The van der Waals surface area contributed by atoms with E-state index in [1.807, 2.05) is 0 Å². The lowest BCUT2D eigenvalue weighted by atomic mass is 9.98. The maximum Gasteiger partial charge on any atom is 0.0600 e. The minimum Gasteiger partial charge on any atom is -0.397 e. The van der Waals surface area contributed by atoms with Crippen LogP contribution in [0, 0.1) is 5.92 Å². The number of likely N-dealkylation sites (N-methyl/N-ethyl adjacent to an activating group) is 1. The maximum absolute atomic E-state index is 9.03. The molecule has 1 heterocycles. The number of nitrogens with zero attached hydrogens (tertiary/aromatic N) is 2. The van der Waals surface area contributed by atoms with E-state index in [2.05, 4.69) is 41.8 Å². The number of nitrogens with two attached hydrogens (primary N) is 1. The van der Waals surface area contributed by atoms with E-state index < -0.39 is 0 Å². The summed E-state index contributed by atoms with van der Waals surface area (Å²) >= 11 is 0. The highest BCUT2D eigenvalue weighted by Gasteiger charge is 2.17. The standard InChI is InChI=1S/C19H33N3O/c1-3-21(13-14-23)10-4-5-17-6-7-19(18(20)15-17)22-11-8-16(2)9-12-22/h6-7,15-16,23H,3-5,8-14,20H2,1-2H3. The van der Waals surface area contributed by atoms with E-state index in [1.165, 1.54) is 24.1 Å². The third-order valence-electron chi connectivity index (χ3n) is 5.02. The Morgan fingerprint density at radius 1 is 1.26 bits per heavy atom. The third-order valence-corrected chi connectivity index (χ3v) is 5.02. The van der Waals surface area contributed by atoms with Crippen LogP contribution in [0.2, 0.25) is 0 Å². The van der Waals surface area contributed by atoms with Gasteiger partial charge in [-0.3, -0.25) is 0 Å². The molecule has 2 rings (SSSR count). The predicted octanol–water partition coefficient (Wildman–Crippen LogP) is 2.75. The maximum atomic E-state index is 9.03. The highest BCUT2D eigenvalue weighted by atomic mass is 16.3. The highest BCUT2D eigenvalue weighted by Crippen LogP contribution is 2.29. The van der Waals surface area contributed by atoms with Gasteiger partial charge in [0, 0.05) is 19.6 Å². The molecule has 0 unspecified atom stereocenters. The normalized spacial score (nSPS) is 16.3. The molecule has 0 spiro atoms. The van der Waals surface area contributed by atoms with Gasteiger partial charge in [0.25, 0.3) is 0 Å². The van der Waals surface area contributed by atoms with Crippen LogP contribution < -0.4 is 10.6 Å². The molecule has 23 heavy (non-hydrogen) atoms. The van der Waals surface area contributed by atoms with Crippen LogP contribution in [0.25, 0.3) is 0 Å². The van der Waals surface area contributed by atoms with Gasteiger partial charge in [-0.1, -0.05) is 19.9 Å². The fourth-order valence-electron chi connectivity index (χ4n) is 3.37. The van der Waals surface area contributed by atoms with Crippen molar-refractivity contribution >= 4 is 11.4 Å². The summed E-state index contributed by atoms with van der Waals surface area (Å²) in [5.74, 6) is 0.840. The molecule has 1 aliphatic rings.